The molecular formula is C26H24FNO4. The molecule has 0 amide bonds. The first kappa shape index (κ1) is 21.8. The third kappa shape index (κ3) is 5.24. The minimum Gasteiger partial charge on any atom is -0.459 e. The van der Waals surface area contributed by atoms with Crippen LogP contribution in [0.1, 0.15) is 53.1 Å². The Kier molecular flexibility index (Phi) is 6.67. The quantitative estimate of drug-likeness (QED) is 0.382. The first-order valence-electron chi connectivity index (χ1n) is 10.6. The van der Waals surface area contributed by atoms with Gasteiger partial charge in [-0.2, -0.15) is 0 Å². The third-order valence-electron chi connectivity index (χ3n) is 5.56. The molecule has 1 aliphatic rings. The molecule has 3 aromatic rings. The highest BCUT2D eigenvalue weighted by Crippen LogP contribution is 2.27. The number of benzene rings is 2. The highest BCUT2D eigenvalue weighted by molar-refractivity contribution is 5.89. The van der Waals surface area contributed by atoms with E-state index in [1.165, 1.54) is 12.1 Å². The molecule has 0 bridgehead atoms. The normalized spacial score (nSPS) is 18.2. The molecule has 6 heteroatoms. The number of terminal acetylenes is 1. The van der Waals surface area contributed by atoms with E-state index in [0.717, 1.165) is 19.3 Å². The Morgan fingerprint density at radius 2 is 2.00 bits per heavy atom. The highest BCUT2D eigenvalue weighted by Gasteiger charge is 2.26. The molecular weight excluding hydrogens is 409 g/mol. The van der Waals surface area contributed by atoms with E-state index in [0.29, 0.717) is 47.1 Å². The predicted molar refractivity (Wildman–Crippen MR) is 117 cm³/mol. The van der Waals surface area contributed by atoms with Gasteiger partial charge in [0, 0.05) is 17.5 Å². The maximum absolute atomic E-state index is 13.1. The number of hydrogen-bond acceptors (Lipinski definition) is 5. The van der Waals surface area contributed by atoms with Crippen LogP contribution in [0, 0.1) is 25.1 Å². The fraction of sp³-hybridized carbons (Fsp3) is 0.308. The van der Waals surface area contributed by atoms with E-state index in [1.54, 1.807) is 36.4 Å². The van der Waals surface area contributed by atoms with Crippen LogP contribution in [-0.2, 0) is 16.1 Å². The number of rotatable bonds is 6. The van der Waals surface area contributed by atoms with Crippen LogP contribution in [0.5, 0.6) is 0 Å². The smallest absolute Gasteiger partial charge is 0.338 e. The summed E-state index contributed by atoms with van der Waals surface area (Å²) in [5.74, 6) is 2.95. The number of nitrogens with zero attached hydrogens (tertiary/aromatic N) is 1. The third-order valence-corrected chi connectivity index (χ3v) is 5.56. The monoisotopic (exact) mass is 433 g/mol. The number of carbonyl (C=O) groups excluding carboxylic acids is 1. The second-order valence-electron chi connectivity index (χ2n) is 7.88. The van der Waals surface area contributed by atoms with Gasteiger partial charge < -0.3 is 13.9 Å². The van der Waals surface area contributed by atoms with Crippen molar-refractivity contribution in [1.29, 1.82) is 0 Å². The highest BCUT2D eigenvalue weighted by atomic mass is 19.1. The minimum absolute atomic E-state index is 0.0380. The maximum Gasteiger partial charge on any atom is 0.338 e. The number of aryl methyl sites for hydroxylation is 1. The Labute approximate surface area is 186 Å². The Morgan fingerprint density at radius 3 is 2.78 bits per heavy atom. The van der Waals surface area contributed by atoms with Crippen LogP contribution in [0.15, 0.2) is 52.9 Å². The van der Waals surface area contributed by atoms with Gasteiger partial charge in [-0.15, -0.1) is 6.42 Å². The largest absolute Gasteiger partial charge is 0.459 e. The molecule has 4 rings (SSSR count). The Morgan fingerprint density at radius 1 is 1.22 bits per heavy atom. The van der Waals surface area contributed by atoms with Gasteiger partial charge >= 0.3 is 5.97 Å². The standard InChI is InChI=1S/C26H24FNO4/c1-3-18-6-4-7-20(14-18)26(29)32-23-9-5-8-22(15-23)30-16-24-17(2)31-25(28-24)19-10-12-21(27)13-11-19/h1,4,6-7,10-14,22-23H,5,8-9,15-16H2,2H3. The van der Waals surface area contributed by atoms with Gasteiger partial charge in [-0.3, -0.25) is 0 Å². The summed E-state index contributed by atoms with van der Waals surface area (Å²) in [6.07, 6.45) is 8.40. The van der Waals surface area contributed by atoms with Gasteiger partial charge in [-0.05, 0) is 68.7 Å². The summed E-state index contributed by atoms with van der Waals surface area (Å²) < 4.78 is 30.6. The van der Waals surface area contributed by atoms with Crippen LogP contribution < -0.4 is 0 Å². The van der Waals surface area contributed by atoms with Crippen molar-refractivity contribution in [3.05, 3.63) is 76.9 Å². The lowest BCUT2D eigenvalue weighted by atomic mass is 9.94. The fourth-order valence-corrected chi connectivity index (χ4v) is 3.79. The number of oxazole rings is 1. The van der Waals surface area contributed by atoms with Crippen LogP contribution in [0.25, 0.3) is 11.5 Å². The van der Waals surface area contributed by atoms with Crippen molar-refractivity contribution in [2.24, 2.45) is 0 Å². The second-order valence-corrected chi connectivity index (χ2v) is 7.88. The minimum atomic E-state index is -0.371. The van der Waals surface area contributed by atoms with Gasteiger partial charge in [-0.25, -0.2) is 14.2 Å². The average molecular weight is 433 g/mol. The molecule has 1 aromatic heterocycles. The van der Waals surface area contributed by atoms with Crippen molar-refractivity contribution in [2.45, 2.75) is 51.4 Å². The number of aromatic nitrogens is 1. The Hall–Kier alpha value is -3.43. The van der Waals surface area contributed by atoms with Gasteiger partial charge in [-0.1, -0.05) is 12.0 Å². The second kappa shape index (κ2) is 9.80. The average Bonchev–Trinajstić information content (AvgIpc) is 3.19. The molecule has 1 aliphatic carbocycles. The first-order chi connectivity index (χ1) is 15.5. The van der Waals surface area contributed by atoms with E-state index in [9.17, 15) is 9.18 Å². The number of esters is 1. The Balaban J connectivity index is 1.33. The molecule has 164 valence electrons. The van der Waals surface area contributed by atoms with E-state index < -0.39 is 0 Å². The van der Waals surface area contributed by atoms with E-state index in [2.05, 4.69) is 10.9 Å². The van der Waals surface area contributed by atoms with E-state index in [1.807, 2.05) is 6.92 Å². The summed E-state index contributed by atoms with van der Waals surface area (Å²) in [4.78, 5) is 17.0. The molecule has 1 fully saturated rings. The fourth-order valence-electron chi connectivity index (χ4n) is 3.79. The molecule has 0 saturated heterocycles. The van der Waals surface area contributed by atoms with E-state index >= 15 is 0 Å². The summed E-state index contributed by atoms with van der Waals surface area (Å²) >= 11 is 0. The van der Waals surface area contributed by atoms with Crippen molar-refractivity contribution >= 4 is 5.97 Å². The summed E-state index contributed by atoms with van der Waals surface area (Å²) in [6, 6.07) is 12.9. The molecule has 0 aliphatic heterocycles. The van der Waals surface area contributed by atoms with E-state index in [-0.39, 0.29) is 24.0 Å². The van der Waals surface area contributed by atoms with Gasteiger partial charge in [0.05, 0.1) is 18.3 Å². The van der Waals surface area contributed by atoms with Crippen molar-refractivity contribution in [1.82, 2.24) is 4.98 Å². The molecule has 32 heavy (non-hydrogen) atoms. The maximum atomic E-state index is 13.1. The number of ether oxygens (including phenoxy) is 2. The SMILES string of the molecule is C#Cc1cccc(C(=O)OC2CCCC(OCc3nc(-c4ccc(F)cc4)oc3C)C2)c1. The first-order valence-corrected chi connectivity index (χ1v) is 10.6. The predicted octanol–water partition coefficient (Wildman–Crippen LogP) is 5.46. The van der Waals surface area contributed by atoms with Gasteiger partial charge in [0.2, 0.25) is 5.89 Å². The van der Waals surface area contributed by atoms with Crippen LogP contribution in [0.3, 0.4) is 0 Å². The number of carbonyl (C=O) groups is 1. The molecule has 0 spiro atoms. The zero-order chi connectivity index (χ0) is 22.5. The number of halogens is 1. The molecule has 1 saturated carbocycles. The topological polar surface area (TPSA) is 61.6 Å². The van der Waals surface area contributed by atoms with Gasteiger partial charge in [0.15, 0.2) is 0 Å². The number of hydrogen-bond donors (Lipinski definition) is 0. The molecule has 2 aromatic carbocycles. The van der Waals surface area contributed by atoms with Crippen LogP contribution in [0.2, 0.25) is 0 Å². The van der Waals surface area contributed by atoms with Gasteiger partial charge in [0.25, 0.3) is 0 Å². The van der Waals surface area contributed by atoms with Crippen LogP contribution in [-0.4, -0.2) is 23.2 Å². The van der Waals surface area contributed by atoms with Crippen molar-refractivity contribution in [3.63, 3.8) is 0 Å². The van der Waals surface area contributed by atoms with Crippen molar-refractivity contribution < 1.29 is 23.1 Å². The molecule has 5 nitrogen and oxygen atoms in total. The Bertz CT molecular complexity index is 1130. The summed E-state index contributed by atoms with van der Waals surface area (Å²) in [6.45, 7) is 2.13. The zero-order valence-electron chi connectivity index (χ0n) is 17.8. The molecule has 2 atom stereocenters. The lowest BCUT2D eigenvalue weighted by Crippen LogP contribution is -2.30. The molecule has 0 N–H and O–H groups in total. The molecule has 0 radical (unpaired) electrons. The van der Waals surface area contributed by atoms with Crippen molar-refractivity contribution in [2.75, 3.05) is 0 Å². The summed E-state index contributed by atoms with van der Waals surface area (Å²) in [7, 11) is 0. The lowest BCUT2D eigenvalue weighted by Gasteiger charge is -2.28. The zero-order valence-corrected chi connectivity index (χ0v) is 17.8. The van der Waals surface area contributed by atoms with Crippen LogP contribution in [0.4, 0.5) is 4.39 Å². The molecule has 1 heterocycles. The lowest BCUT2D eigenvalue weighted by molar-refractivity contribution is -0.0368. The summed E-state index contributed by atoms with van der Waals surface area (Å²) in [5, 5.41) is 0. The summed E-state index contributed by atoms with van der Waals surface area (Å²) in [5.41, 5.74) is 2.51. The van der Waals surface area contributed by atoms with Gasteiger partial charge in [0.1, 0.15) is 23.4 Å². The van der Waals surface area contributed by atoms with Crippen molar-refractivity contribution in [3.8, 4) is 23.8 Å². The van der Waals surface area contributed by atoms with Crippen LogP contribution >= 0.6 is 0 Å². The molecule has 2 unspecified atom stereocenters. The van der Waals surface area contributed by atoms with E-state index in [4.69, 9.17) is 20.3 Å².